The van der Waals surface area contributed by atoms with E-state index < -0.39 is 40.4 Å². The molecule has 0 saturated heterocycles. The van der Waals surface area contributed by atoms with E-state index in [-0.39, 0.29) is 0 Å². The summed E-state index contributed by atoms with van der Waals surface area (Å²) in [4.78, 5) is 20.3. The molecule has 0 fully saturated rings. The molecule has 0 aliphatic rings. The Bertz CT molecular complexity index is 570. The number of primary amides is 1. The zero-order chi connectivity index (χ0) is 14.6. The van der Waals surface area contributed by atoms with Crippen LogP contribution in [0.3, 0.4) is 0 Å². The molecular formula is C9H5F2N3O5. The van der Waals surface area contributed by atoms with Crippen LogP contribution >= 0.6 is 0 Å². The topological polar surface area (TPSA) is 128 Å². The number of hydrogen-bond donors (Lipinski definition) is 1. The van der Waals surface area contributed by atoms with Gasteiger partial charge in [0.25, 0.3) is 0 Å². The minimum atomic E-state index is -3.25. The van der Waals surface area contributed by atoms with Crippen molar-refractivity contribution in [3.05, 3.63) is 27.8 Å². The van der Waals surface area contributed by atoms with Crippen molar-refractivity contribution in [2.75, 3.05) is 0 Å². The molecule has 1 amide bonds. The molecule has 0 aliphatic carbocycles. The normalized spacial score (nSPS) is 9.79. The van der Waals surface area contributed by atoms with Gasteiger partial charge in [0.05, 0.1) is 4.92 Å². The maximum Gasteiger partial charge on any atom is 0.410 e. The molecule has 0 unspecified atom stereocenters. The molecule has 2 N–H and O–H groups in total. The van der Waals surface area contributed by atoms with Gasteiger partial charge in [-0.25, -0.2) is 4.79 Å². The number of halogens is 2. The lowest BCUT2D eigenvalue weighted by atomic mass is 10.2. The second-order valence-electron chi connectivity index (χ2n) is 2.98. The molecule has 0 aromatic heterocycles. The highest BCUT2D eigenvalue weighted by Crippen LogP contribution is 2.35. The van der Waals surface area contributed by atoms with Crippen molar-refractivity contribution in [2.24, 2.45) is 5.73 Å². The Kier molecular flexibility index (Phi) is 4.15. The third-order valence-electron chi connectivity index (χ3n) is 1.80. The summed E-state index contributed by atoms with van der Waals surface area (Å²) in [5.74, 6) is -1.37. The molecule has 8 nitrogen and oxygen atoms in total. The van der Waals surface area contributed by atoms with E-state index in [1.807, 2.05) is 0 Å². The molecule has 0 bridgehead atoms. The van der Waals surface area contributed by atoms with E-state index in [2.05, 4.69) is 15.2 Å². The molecule has 0 radical (unpaired) electrons. The fourth-order valence-corrected chi connectivity index (χ4v) is 1.16. The first-order valence-electron chi connectivity index (χ1n) is 4.49. The van der Waals surface area contributed by atoms with Gasteiger partial charge in [0.2, 0.25) is 5.75 Å². The fourth-order valence-electron chi connectivity index (χ4n) is 1.16. The third-order valence-corrected chi connectivity index (χ3v) is 1.80. The fraction of sp³-hybridized carbons (Fsp3) is 0.111. The molecular weight excluding hydrogens is 268 g/mol. The maximum atomic E-state index is 12.1. The number of carbonyl (C=O) groups is 1. The summed E-state index contributed by atoms with van der Waals surface area (Å²) in [6.45, 7) is -3.25. The number of nitro groups is 1. The highest BCUT2D eigenvalue weighted by molar-refractivity contribution is 5.71. The van der Waals surface area contributed by atoms with Gasteiger partial charge in [0.15, 0.2) is 0 Å². The Labute approximate surface area is 104 Å². The highest BCUT2D eigenvalue weighted by atomic mass is 19.3. The minimum absolute atomic E-state index is 0.510. The number of hydrogen-bond acceptors (Lipinski definition) is 6. The van der Waals surface area contributed by atoms with Crippen LogP contribution in [0.4, 0.5) is 19.3 Å². The van der Waals surface area contributed by atoms with Crippen LogP contribution in [-0.4, -0.2) is 17.6 Å². The maximum absolute atomic E-state index is 12.1. The van der Waals surface area contributed by atoms with Crippen LogP contribution in [-0.2, 0) is 0 Å². The summed E-state index contributed by atoms with van der Waals surface area (Å²) in [6, 6.07) is 2.70. The largest absolute Gasteiger partial charge is 0.433 e. The van der Waals surface area contributed by atoms with Crippen LogP contribution in [0.15, 0.2) is 12.1 Å². The predicted octanol–water partition coefficient (Wildman–Crippen LogP) is 1.53. The number of benzene rings is 1. The zero-order valence-electron chi connectivity index (χ0n) is 9.00. The molecule has 0 atom stereocenters. The summed E-state index contributed by atoms with van der Waals surface area (Å²) >= 11 is 0. The van der Waals surface area contributed by atoms with Crippen LogP contribution in [0.2, 0.25) is 0 Å². The SMILES string of the molecule is N#Cc1cc([N+](=O)[O-])c(OC(N)=O)cc1OC(F)F. The van der Waals surface area contributed by atoms with Gasteiger partial charge in [-0.15, -0.1) is 0 Å². The van der Waals surface area contributed by atoms with E-state index in [0.29, 0.717) is 12.1 Å². The van der Waals surface area contributed by atoms with Crippen molar-refractivity contribution in [2.45, 2.75) is 6.61 Å². The van der Waals surface area contributed by atoms with E-state index in [1.165, 1.54) is 6.07 Å². The Morgan fingerprint density at radius 2 is 2.11 bits per heavy atom. The van der Waals surface area contributed by atoms with Crippen LogP contribution in [0.25, 0.3) is 0 Å². The first kappa shape index (κ1) is 14.1. The number of nitro benzene ring substituents is 1. The van der Waals surface area contributed by atoms with Crippen molar-refractivity contribution >= 4 is 11.8 Å². The number of amides is 1. The van der Waals surface area contributed by atoms with Gasteiger partial charge in [-0.3, -0.25) is 10.1 Å². The van der Waals surface area contributed by atoms with Crippen molar-refractivity contribution in [1.82, 2.24) is 0 Å². The smallest absolute Gasteiger partial charge is 0.410 e. The molecule has 1 aromatic rings. The Morgan fingerprint density at radius 1 is 1.47 bits per heavy atom. The quantitative estimate of drug-likeness (QED) is 0.654. The zero-order valence-corrected chi connectivity index (χ0v) is 9.00. The van der Waals surface area contributed by atoms with Gasteiger partial charge >= 0.3 is 18.4 Å². The van der Waals surface area contributed by atoms with Gasteiger partial charge in [-0.05, 0) is 0 Å². The number of rotatable bonds is 4. The van der Waals surface area contributed by atoms with Crippen molar-refractivity contribution in [1.29, 1.82) is 5.26 Å². The monoisotopic (exact) mass is 273 g/mol. The summed E-state index contributed by atoms with van der Waals surface area (Å²) in [5.41, 5.74) is 3.39. The molecule has 0 heterocycles. The van der Waals surface area contributed by atoms with Gasteiger partial charge in [0, 0.05) is 12.1 Å². The first-order chi connectivity index (χ1) is 8.85. The van der Waals surface area contributed by atoms with E-state index in [0.717, 1.165) is 0 Å². The van der Waals surface area contributed by atoms with Crippen LogP contribution in [0.5, 0.6) is 11.5 Å². The molecule has 1 rings (SSSR count). The summed E-state index contributed by atoms with van der Waals surface area (Å²) in [7, 11) is 0. The van der Waals surface area contributed by atoms with Crippen LogP contribution < -0.4 is 15.2 Å². The van der Waals surface area contributed by atoms with E-state index in [4.69, 9.17) is 5.26 Å². The molecule has 0 saturated carbocycles. The highest BCUT2D eigenvalue weighted by Gasteiger charge is 2.23. The number of nitriles is 1. The average Bonchev–Trinajstić information content (AvgIpc) is 2.27. The lowest BCUT2D eigenvalue weighted by Crippen LogP contribution is -2.17. The number of nitrogens with two attached hydrogens (primary N) is 1. The summed E-state index contributed by atoms with van der Waals surface area (Å²) in [5, 5.41) is 19.4. The van der Waals surface area contributed by atoms with Gasteiger partial charge in [-0.2, -0.15) is 14.0 Å². The number of alkyl halides is 2. The number of ether oxygens (including phenoxy) is 2. The van der Waals surface area contributed by atoms with E-state index in [9.17, 15) is 23.7 Å². The van der Waals surface area contributed by atoms with Gasteiger partial charge < -0.3 is 15.2 Å². The second kappa shape index (κ2) is 5.58. The lowest BCUT2D eigenvalue weighted by molar-refractivity contribution is -0.385. The third kappa shape index (κ3) is 3.50. The van der Waals surface area contributed by atoms with E-state index in [1.54, 1.807) is 0 Å². The number of carbonyl (C=O) groups excluding carboxylic acids is 1. The Hall–Kier alpha value is -2.96. The van der Waals surface area contributed by atoms with Crippen molar-refractivity contribution in [3.63, 3.8) is 0 Å². The molecule has 100 valence electrons. The van der Waals surface area contributed by atoms with Gasteiger partial charge in [-0.1, -0.05) is 0 Å². The van der Waals surface area contributed by atoms with Crippen molar-refractivity contribution in [3.8, 4) is 17.6 Å². The second-order valence-corrected chi connectivity index (χ2v) is 2.98. The van der Waals surface area contributed by atoms with Crippen molar-refractivity contribution < 1.29 is 28.0 Å². The standard InChI is InChI=1S/C9H5F2N3O5/c10-8(11)18-6-2-7(19-9(13)15)5(14(16)17)1-4(6)3-12/h1-2,8H,(H2,13,15). The van der Waals surface area contributed by atoms with Crippen LogP contribution in [0.1, 0.15) is 5.56 Å². The number of nitrogens with zero attached hydrogens (tertiary/aromatic N) is 2. The Morgan fingerprint density at radius 3 is 2.53 bits per heavy atom. The summed E-state index contributed by atoms with van der Waals surface area (Å²) in [6.07, 6.45) is -1.38. The minimum Gasteiger partial charge on any atom is -0.433 e. The molecule has 19 heavy (non-hydrogen) atoms. The first-order valence-corrected chi connectivity index (χ1v) is 4.49. The predicted molar refractivity (Wildman–Crippen MR) is 54.7 cm³/mol. The average molecular weight is 273 g/mol. The molecule has 10 heteroatoms. The molecule has 0 spiro atoms. The molecule has 0 aliphatic heterocycles. The lowest BCUT2D eigenvalue weighted by Gasteiger charge is -2.08. The van der Waals surface area contributed by atoms with E-state index >= 15 is 0 Å². The van der Waals surface area contributed by atoms with Gasteiger partial charge in [0.1, 0.15) is 17.4 Å². The summed E-state index contributed by atoms with van der Waals surface area (Å²) < 4.78 is 32.5. The Balaban J connectivity index is 3.38. The van der Waals surface area contributed by atoms with Crippen LogP contribution in [0, 0.1) is 21.4 Å². The molecule has 1 aromatic carbocycles.